The molecule has 0 atom stereocenters. The average Bonchev–Trinajstić information content (AvgIpc) is 2.58. The molecule has 0 spiro atoms. The Morgan fingerprint density at radius 2 is 0.880 bits per heavy atom. The van der Waals surface area contributed by atoms with Crippen LogP contribution in [0, 0.1) is 0 Å². The first-order valence-corrected chi connectivity index (χ1v) is 10.1. The van der Waals surface area contributed by atoms with Crippen LogP contribution in [-0.2, 0) is 4.79 Å². The molecule has 0 bridgehead atoms. The minimum absolute atomic E-state index is 0. The van der Waals surface area contributed by atoms with E-state index in [0.29, 0.717) is 6.42 Å². The summed E-state index contributed by atoms with van der Waals surface area (Å²) in [5.74, 6) is -0.653. The van der Waals surface area contributed by atoms with Crippen LogP contribution in [0.25, 0.3) is 0 Å². The number of aliphatic hydroxyl groups is 2. The third-order valence-corrected chi connectivity index (χ3v) is 4.09. The zero-order valence-corrected chi connectivity index (χ0v) is 16.0. The van der Waals surface area contributed by atoms with Crippen molar-refractivity contribution in [2.45, 2.75) is 110 Å². The molecule has 0 radical (unpaired) electrons. The van der Waals surface area contributed by atoms with Gasteiger partial charge in [0.05, 0.1) is 13.2 Å². The second-order valence-electron chi connectivity index (χ2n) is 6.54. The van der Waals surface area contributed by atoms with Crippen molar-refractivity contribution in [1.82, 2.24) is 0 Å². The van der Waals surface area contributed by atoms with Crippen molar-refractivity contribution in [2.24, 2.45) is 0 Å². The molecule has 0 aliphatic carbocycles. The Balaban J connectivity index is -0.000000867. The summed E-state index contributed by atoms with van der Waals surface area (Å²) in [7, 11) is 0. The molecular weight excluding hydrogens is 327 g/mol. The summed E-state index contributed by atoms with van der Waals surface area (Å²) in [6.07, 6.45) is 20.2. The second-order valence-corrected chi connectivity index (χ2v) is 6.54. The minimum atomic E-state index is -0.653. The van der Waals surface area contributed by atoms with Crippen LogP contribution >= 0.6 is 0 Å². The third kappa shape index (κ3) is 36.2. The first kappa shape index (κ1) is 30.1. The molecule has 0 aliphatic rings. The monoisotopic (exact) mass is 370 g/mol. The molecule has 0 aliphatic heterocycles. The molecule has 0 saturated carbocycles. The summed E-state index contributed by atoms with van der Waals surface area (Å²) in [6.45, 7) is 2.02. The quantitative estimate of drug-likeness (QED) is 0.257. The van der Waals surface area contributed by atoms with Gasteiger partial charge in [-0.05, 0) is 6.42 Å². The van der Waals surface area contributed by atoms with Crippen LogP contribution in [0.4, 0.5) is 0 Å². The van der Waals surface area contributed by atoms with Gasteiger partial charge in [-0.2, -0.15) is 0 Å². The van der Waals surface area contributed by atoms with Gasteiger partial charge in [0.1, 0.15) is 0 Å². The van der Waals surface area contributed by atoms with Crippen molar-refractivity contribution in [2.75, 3.05) is 13.2 Å². The molecule has 0 unspecified atom stereocenters. The van der Waals surface area contributed by atoms with Crippen LogP contribution in [0.3, 0.4) is 0 Å². The fourth-order valence-corrected chi connectivity index (χ4v) is 2.65. The van der Waals surface area contributed by atoms with E-state index in [2.05, 4.69) is 6.92 Å². The van der Waals surface area contributed by atoms with E-state index in [-0.39, 0.29) is 42.8 Å². The topological polar surface area (TPSA) is 77.8 Å². The molecule has 0 amide bonds. The maximum absolute atomic E-state index is 10.3. The van der Waals surface area contributed by atoms with Gasteiger partial charge in [-0.15, -0.1) is 0 Å². The fraction of sp³-hybridized carbons (Fsp3) is 0.950. The number of aliphatic hydroxyl groups excluding tert-OH is 2. The molecule has 0 saturated heterocycles. The molecule has 0 fully saturated rings. The van der Waals surface area contributed by atoms with Crippen LogP contribution in [0.15, 0.2) is 0 Å². The van der Waals surface area contributed by atoms with E-state index in [4.69, 9.17) is 15.3 Å². The van der Waals surface area contributed by atoms with Crippen molar-refractivity contribution in [3.63, 3.8) is 0 Å². The van der Waals surface area contributed by atoms with Gasteiger partial charge < -0.3 is 15.3 Å². The van der Waals surface area contributed by atoms with Crippen LogP contribution < -0.4 is 0 Å². The van der Waals surface area contributed by atoms with Gasteiger partial charge >= 0.3 is 35.5 Å². The van der Waals surface area contributed by atoms with Crippen molar-refractivity contribution < 1.29 is 20.1 Å². The first-order valence-electron chi connectivity index (χ1n) is 10.1. The normalized spacial score (nSPS) is 9.88. The predicted molar refractivity (Wildman–Crippen MR) is 109 cm³/mol. The van der Waals surface area contributed by atoms with Gasteiger partial charge in [0.25, 0.3) is 0 Å². The SMILES string of the molecule is CCCCCCCCCCCCCCCCCC(=O)O.OCCO.[NaH]. The van der Waals surface area contributed by atoms with E-state index in [1.807, 2.05) is 0 Å². The average molecular weight is 371 g/mol. The summed E-state index contributed by atoms with van der Waals surface area (Å²) in [5.41, 5.74) is 0. The molecule has 0 aromatic rings. The van der Waals surface area contributed by atoms with Gasteiger partial charge in [0.2, 0.25) is 0 Å². The Bertz CT molecular complexity index is 236. The van der Waals surface area contributed by atoms with E-state index < -0.39 is 5.97 Å². The fourth-order valence-electron chi connectivity index (χ4n) is 2.65. The molecule has 3 N–H and O–H groups in total. The first-order chi connectivity index (χ1) is 11.7. The van der Waals surface area contributed by atoms with Gasteiger partial charge in [-0.25, -0.2) is 0 Å². The van der Waals surface area contributed by atoms with Crippen molar-refractivity contribution in [3.05, 3.63) is 0 Å². The molecular formula is C20H43NaO4. The van der Waals surface area contributed by atoms with Crippen molar-refractivity contribution in [3.8, 4) is 0 Å². The summed E-state index contributed by atoms with van der Waals surface area (Å²) in [5, 5.41) is 23.8. The summed E-state index contributed by atoms with van der Waals surface area (Å²) in [4.78, 5) is 10.3. The second kappa shape index (κ2) is 29.2. The third-order valence-electron chi connectivity index (χ3n) is 4.09. The Hall–Kier alpha value is 0.390. The Labute approximate surface area is 178 Å². The molecule has 5 heteroatoms. The number of carbonyl (C=O) groups is 1. The van der Waals surface area contributed by atoms with Gasteiger partial charge in [0.15, 0.2) is 0 Å². The molecule has 0 aromatic heterocycles. The van der Waals surface area contributed by atoms with Crippen LogP contribution in [-0.4, -0.2) is 64.1 Å². The molecule has 0 heterocycles. The number of carboxylic acid groups (broad SMARTS) is 1. The van der Waals surface area contributed by atoms with Crippen LogP contribution in [0.2, 0.25) is 0 Å². The molecule has 25 heavy (non-hydrogen) atoms. The van der Waals surface area contributed by atoms with E-state index in [9.17, 15) is 4.79 Å². The molecule has 0 rings (SSSR count). The molecule has 148 valence electrons. The number of hydrogen-bond acceptors (Lipinski definition) is 3. The Kier molecular flexibility index (Phi) is 35.1. The van der Waals surface area contributed by atoms with E-state index in [1.54, 1.807) is 0 Å². The number of rotatable bonds is 17. The number of hydrogen-bond donors (Lipinski definition) is 3. The zero-order chi connectivity index (χ0) is 18.3. The van der Waals surface area contributed by atoms with Gasteiger partial charge in [-0.1, -0.05) is 96.8 Å². The van der Waals surface area contributed by atoms with E-state index >= 15 is 0 Å². The summed E-state index contributed by atoms with van der Waals surface area (Å²) in [6, 6.07) is 0. The maximum atomic E-state index is 10.3. The number of aliphatic carboxylic acids is 1. The zero-order valence-electron chi connectivity index (χ0n) is 16.0. The van der Waals surface area contributed by atoms with E-state index in [0.717, 1.165) is 12.8 Å². The number of carboxylic acids is 1. The van der Waals surface area contributed by atoms with E-state index in [1.165, 1.54) is 83.5 Å². The number of unbranched alkanes of at least 4 members (excludes halogenated alkanes) is 14. The standard InChI is InChI=1S/C18H36O2.C2H6O2.Na.H/c1-2-3-4-5-6-7-8-9-10-11-12-13-14-15-16-17-18(19)20;3-1-2-4;;/h2-17H2,1H3,(H,19,20);3-4H,1-2H2;;. The van der Waals surface area contributed by atoms with Crippen LogP contribution in [0.5, 0.6) is 0 Å². The van der Waals surface area contributed by atoms with Crippen molar-refractivity contribution in [1.29, 1.82) is 0 Å². The predicted octanol–water partition coefficient (Wildman–Crippen LogP) is 4.66. The van der Waals surface area contributed by atoms with Crippen molar-refractivity contribution >= 4 is 35.5 Å². The summed E-state index contributed by atoms with van der Waals surface area (Å²) >= 11 is 0. The van der Waals surface area contributed by atoms with Gasteiger partial charge in [-0.3, -0.25) is 4.79 Å². The molecule has 0 aromatic carbocycles. The molecule has 4 nitrogen and oxygen atoms in total. The van der Waals surface area contributed by atoms with Gasteiger partial charge in [0, 0.05) is 6.42 Å². The Morgan fingerprint density at radius 1 is 0.600 bits per heavy atom. The van der Waals surface area contributed by atoms with Crippen LogP contribution in [0.1, 0.15) is 110 Å². The summed E-state index contributed by atoms with van der Waals surface area (Å²) < 4.78 is 0. The Morgan fingerprint density at radius 3 is 1.12 bits per heavy atom.